The Balaban J connectivity index is 2.13. The summed E-state index contributed by atoms with van der Waals surface area (Å²) in [5, 5.41) is 3.18. The highest BCUT2D eigenvalue weighted by atomic mass is 16.5. The molecule has 0 radical (unpaired) electrons. The minimum atomic E-state index is -0.0892. The van der Waals surface area contributed by atoms with Crippen molar-refractivity contribution in [1.82, 2.24) is 10.2 Å². The number of rotatable bonds is 10. The van der Waals surface area contributed by atoms with Gasteiger partial charge in [0, 0.05) is 18.6 Å². The number of hydrogen-bond donors (Lipinski definition) is 1. The van der Waals surface area contributed by atoms with Crippen LogP contribution in [0.3, 0.4) is 0 Å². The van der Waals surface area contributed by atoms with E-state index in [1.807, 2.05) is 0 Å². The molecular weight excluding hydrogens is 264 g/mol. The standard InChI is InChI=1S/C17H34N2O2/c1-4-5-6-7-8-9-10-17(2,3)18-16(20)15-19-11-13-21-14-12-19/h4-15H2,1-3H3,(H,18,20). The number of ether oxygens (including phenoxy) is 1. The number of carbonyl (C=O) groups excluding carboxylic acids is 1. The Morgan fingerprint density at radius 1 is 1.10 bits per heavy atom. The van der Waals surface area contributed by atoms with Gasteiger partial charge in [-0.1, -0.05) is 45.4 Å². The Labute approximate surface area is 130 Å². The van der Waals surface area contributed by atoms with Crippen molar-refractivity contribution in [3.63, 3.8) is 0 Å². The van der Waals surface area contributed by atoms with Crippen LogP contribution in [0.2, 0.25) is 0 Å². The molecule has 1 amide bonds. The van der Waals surface area contributed by atoms with Crippen molar-refractivity contribution in [3.05, 3.63) is 0 Å². The van der Waals surface area contributed by atoms with Crippen molar-refractivity contribution < 1.29 is 9.53 Å². The summed E-state index contributed by atoms with van der Waals surface area (Å²) < 4.78 is 5.30. The van der Waals surface area contributed by atoms with E-state index in [1.54, 1.807) is 0 Å². The molecule has 1 saturated heterocycles. The lowest BCUT2D eigenvalue weighted by molar-refractivity contribution is -0.124. The van der Waals surface area contributed by atoms with E-state index in [9.17, 15) is 4.79 Å². The normalized spacial score (nSPS) is 16.9. The number of hydrogen-bond acceptors (Lipinski definition) is 3. The monoisotopic (exact) mass is 298 g/mol. The van der Waals surface area contributed by atoms with Crippen LogP contribution in [-0.2, 0) is 9.53 Å². The first-order chi connectivity index (χ1) is 10.0. The summed E-state index contributed by atoms with van der Waals surface area (Å²) in [6, 6.07) is 0. The van der Waals surface area contributed by atoms with Crippen molar-refractivity contribution in [2.45, 2.75) is 71.3 Å². The quantitative estimate of drug-likeness (QED) is 0.630. The molecule has 0 unspecified atom stereocenters. The summed E-state index contributed by atoms with van der Waals surface area (Å²) in [5.74, 6) is 0.146. The molecule has 0 saturated carbocycles. The molecule has 0 aromatic carbocycles. The molecular formula is C17H34N2O2. The van der Waals surface area contributed by atoms with E-state index in [1.165, 1.54) is 38.5 Å². The van der Waals surface area contributed by atoms with E-state index in [2.05, 4.69) is 31.0 Å². The summed E-state index contributed by atoms with van der Waals surface area (Å²) in [6.45, 7) is 10.2. The molecule has 1 fully saturated rings. The van der Waals surface area contributed by atoms with Crippen LogP contribution in [0.15, 0.2) is 0 Å². The highest BCUT2D eigenvalue weighted by molar-refractivity contribution is 5.78. The predicted molar refractivity (Wildman–Crippen MR) is 87.5 cm³/mol. The van der Waals surface area contributed by atoms with Gasteiger partial charge < -0.3 is 10.1 Å². The van der Waals surface area contributed by atoms with Crippen LogP contribution in [0, 0.1) is 0 Å². The molecule has 0 aliphatic carbocycles. The smallest absolute Gasteiger partial charge is 0.234 e. The van der Waals surface area contributed by atoms with Gasteiger partial charge in [0.15, 0.2) is 0 Å². The van der Waals surface area contributed by atoms with E-state index < -0.39 is 0 Å². The lowest BCUT2D eigenvalue weighted by atomic mass is 9.96. The van der Waals surface area contributed by atoms with Crippen molar-refractivity contribution in [2.24, 2.45) is 0 Å². The maximum absolute atomic E-state index is 12.1. The molecule has 124 valence electrons. The van der Waals surface area contributed by atoms with Crippen LogP contribution in [0.4, 0.5) is 0 Å². The third-order valence-electron chi connectivity index (χ3n) is 4.10. The van der Waals surface area contributed by atoms with Crippen molar-refractivity contribution in [2.75, 3.05) is 32.8 Å². The maximum atomic E-state index is 12.1. The van der Waals surface area contributed by atoms with E-state index in [-0.39, 0.29) is 11.4 Å². The average Bonchev–Trinajstić information content (AvgIpc) is 2.43. The lowest BCUT2D eigenvalue weighted by Gasteiger charge is -2.30. The van der Waals surface area contributed by atoms with Gasteiger partial charge in [-0.15, -0.1) is 0 Å². The number of nitrogens with one attached hydrogen (secondary N) is 1. The van der Waals surface area contributed by atoms with Gasteiger partial charge in [-0.3, -0.25) is 9.69 Å². The van der Waals surface area contributed by atoms with Gasteiger partial charge in [0.1, 0.15) is 0 Å². The summed E-state index contributed by atoms with van der Waals surface area (Å²) in [6.07, 6.45) is 8.86. The molecule has 21 heavy (non-hydrogen) atoms. The number of amides is 1. The van der Waals surface area contributed by atoms with Gasteiger partial charge in [-0.05, 0) is 20.3 Å². The van der Waals surface area contributed by atoms with Crippen molar-refractivity contribution in [1.29, 1.82) is 0 Å². The number of carbonyl (C=O) groups is 1. The minimum absolute atomic E-state index is 0.0892. The van der Waals surface area contributed by atoms with Gasteiger partial charge in [-0.25, -0.2) is 0 Å². The molecule has 1 N–H and O–H groups in total. The average molecular weight is 298 g/mol. The van der Waals surface area contributed by atoms with E-state index >= 15 is 0 Å². The second kappa shape index (κ2) is 10.2. The third kappa shape index (κ3) is 9.10. The second-order valence-corrected chi connectivity index (χ2v) is 6.84. The Hall–Kier alpha value is -0.610. The fourth-order valence-corrected chi connectivity index (χ4v) is 2.79. The van der Waals surface area contributed by atoms with Crippen molar-refractivity contribution >= 4 is 5.91 Å². The highest BCUT2D eigenvalue weighted by Gasteiger charge is 2.21. The molecule has 0 spiro atoms. The van der Waals surface area contributed by atoms with E-state index in [0.717, 1.165) is 32.7 Å². The summed E-state index contributed by atoms with van der Waals surface area (Å²) in [7, 11) is 0. The zero-order valence-electron chi connectivity index (χ0n) is 14.2. The Morgan fingerprint density at radius 3 is 2.38 bits per heavy atom. The molecule has 0 aromatic rings. The molecule has 1 aliphatic rings. The van der Waals surface area contributed by atoms with E-state index in [0.29, 0.717) is 6.54 Å². The zero-order valence-corrected chi connectivity index (χ0v) is 14.2. The van der Waals surface area contributed by atoms with Crippen LogP contribution in [0.25, 0.3) is 0 Å². The first kappa shape index (κ1) is 18.4. The summed E-state index contributed by atoms with van der Waals surface area (Å²) >= 11 is 0. The van der Waals surface area contributed by atoms with Crippen LogP contribution in [0.5, 0.6) is 0 Å². The Bertz CT molecular complexity index is 287. The van der Waals surface area contributed by atoms with Crippen LogP contribution < -0.4 is 5.32 Å². The Kier molecular flexibility index (Phi) is 8.93. The minimum Gasteiger partial charge on any atom is -0.379 e. The number of nitrogens with zero attached hydrogens (tertiary/aromatic N) is 1. The SMILES string of the molecule is CCCCCCCCC(C)(C)NC(=O)CN1CCOCC1. The molecule has 1 aliphatic heterocycles. The first-order valence-electron chi connectivity index (χ1n) is 8.64. The topological polar surface area (TPSA) is 41.6 Å². The largest absolute Gasteiger partial charge is 0.379 e. The number of morpholine rings is 1. The van der Waals surface area contributed by atoms with Crippen LogP contribution >= 0.6 is 0 Å². The molecule has 1 rings (SSSR count). The van der Waals surface area contributed by atoms with Gasteiger partial charge in [0.05, 0.1) is 19.8 Å². The fraction of sp³-hybridized carbons (Fsp3) is 0.941. The first-order valence-corrected chi connectivity index (χ1v) is 8.64. The maximum Gasteiger partial charge on any atom is 0.234 e. The second-order valence-electron chi connectivity index (χ2n) is 6.84. The molecule has 1 heterocycles. The lowest BCUT2D eigenvalue weighted by Crippen LogP contribution is -2.49. The van der Waals surface area contributed by atoms with Crippen LogP contribution in [0.1, 0.15) is 65.7 Å². The van der Waals surface area contributed by atoms with Crippen LogP contribution in [-0.4, -0.2) is 49.2 Å². The number of unbranched alkanes of at least 4 members (excludes halogenated alkanes) is 5. The molecule has 4 nitrogen and oxygen atoms in total. The van der Waals surface area contributed by atoms with E-state index in [4.69, 9.17) is 4.74 Å². The third-order valence-corrected chi connectivity index (χ3v) is 4.10. The summed E-state index contributed by atoms with van der Waals surface area (Å²) in [5.41, 5.74) is -0.0892. The predicted octanol–water partition coefficient (Wildman–Crippen LogP) is 2.96. The molecule has 0 aromatic heterocycles. The van der Waals surface area contributed by atoms with Crippen molar-refractivity contribution in [3.8, 4) is 0 Å². The summed E-state index contributed by atoms with van der Waals surface area (Å²) in [4.78, 5) is 14.3. The van der Waals surface area contributed by atoms with Gasteiger partial charge in [0.25, 0.3) is 0 Å². The fourth-order valence-electron chi connectivity index (χ4n) is 2.79. The molecule has 4 heteroatoms. The molecule has 0 bridgehead atoms. The molecule has 0 atom stereocenters. The zero-order chi connectivity index (χ0) is 15.6. The highest BCUT2D eigenvalue weighted by Crippen LogP contribution is 2.15. The Morgan fingerprint density at radius 2 is 1.71 bits per heavy atom. The van der Waals surface area contributed by atoms with Gasteiger partial charge in [0.2, 0.25) is 5.91 Å². The van der Waals surface area contributed by atoms with Gasteiger partial charge in [-0.2, -0.15) is 0 Å². The van der Waals surface area contributed by atoms with Gasteiger partial charge >= 0.3 is 0 Å².